The minimum Gasteiger partial charge on any atom is -0.493 e. The van der Waals surface area contributed by atoms with Gasteiger partial charge in [-0.1, -0.05) is 23.6 Å². The summed E-state index contributed by atoms with van der Waals surface area (Å²) < 4.78 is 21.9. The van der Waals surface area contributed by atoms with Gasteiger partial charge in [0.15, 0.2) is 17.6 Å². The summed E-state index contributed by atoms with van der Waals surface area (Å²) in [6.45, 7) is 2.95. The Morgan fingerprint density at radius 3 is 2.60 bits per heavy atom. The predicted molar refractivity (Wildman–Crippen MR) is 116 cm³/mol. The van der Waals surface area contributed by atoms with Crippen molar-refractivity contribution in [1.82, 2.24) is 5.32 Å². The molecule has 0 bridgehead atoms. The van der Waals surface area contributed by atoms with Gasteiger partial charge in [-0.3, -0.25) is 4.79 Å². The van der Waals surface area contributed by atoms with E-state index in [1.54, 1.807) is 37.4 Å². The average molecular weight is 432 g/mol. The maximum Gasteiger partial charge on any atom is 0.252 e. The second-order valence-corrected chi connectivity index (χ2v) is 6.66. The summed E-state index contributed by atoms with van der Waals surface area (Å²) in [4.78, 5) is 12.5. The molecule has 0 saturated carbocycles. The molecule has 0 heterocycles. The van der Waals surface area contributed by atoms with Gasteiger partial charge in [-0.15, -0.1) is 6.42 Å². The highest BCUT2D eigenvalue weighted by Crippen LogP contribution is 2.28. The first kappa shape index (κ1) is 23.4. The Hall–Kier alpha value is -2.88. The van der Waals surface area contributed by atoms with Gasteiger partial charge in [0.05, 0.1) is 7.11 Å². The molecule has 6 nitrogen and oxygen atoms in total. The number of carbonyl (C=O) groups is 1. The van der Waals surface area contributed by atoms with E-state index < -0.39 is 6.10 Å². The third-order valence-electron chi connectivity index (χ3n) is 4.13. The topological polar surface area (TPSA) is 66.0 Å². The van der Waals surface area contributed by atoms with Crippen molar-refractivity contribution in [2.24, 2.45) is 0 Å². The molecule has 1 atom stereocenters. The van der Waals surface area contributed by atoms with Gasteiger partial charge >= 0.3 is 0 Å². The summed E-state index contributed by atoms with van der Waals surface area (Å²) in [6.07, 6.45) is 5.13. The lowest BCUT2D eigenvalue weighted by Crippen LogP contribution is -2.41. The lowest BCUT2D eigenvalue weighted by atomic mass is 10.1. The molecule has 7 heteroatoms. The van der Waals surface area contributed by atoms with Gasteiger partial charge in [0.25, 0.3) is 5.91 Å². The van der Waals surface area contributed by atoms with E-state index in [-0.39, 0.29) is 19.1 Å². The van der Waals surface area contributed by atoms with Crippen LogP contribution >= 0.6 is 11.6 Å². The Morgan fingerprint density at radius 1 is 1.17 bits per heavy atom. The first-order chi connectivity index (χ1) is 14.6. The van der Waals surface area contributed by atoms with Crippen LogP contribution in [0, 0.1) is 12.3 Å². The maximum absolute atomic E-state index is 12.5. The smallest absolute Gasteiger partial charge is 0.252 e. The monoisotopic (exact) mass is 431 g/mol. The highest BCUT2D eigenvalue weighted by molar-refractivity contribution is 6.30. The van der Waals surface area contributed by atoms with E-state index in [0.29, 0.717) is 41.8 Å². The number of nitrogens with one attached hydrogen (secondary N) is 1. The second-order valence-electron chi connectivity index (χ2n) is 6.23. The van der Waals surface area contributed by atoms with Crippen LogP contribution in [0.15, 0.2) is 42.5 Å². The van der Waals surface area contributed by atoms with Gasteiger partial charge in [-0.25, -0.2) is 0 Å². The van der Waals surface area contributed by atoms with Crippen LogP contribution in [0.5, 0.6) is 17.2 Å². The van der Waals surface area contributed by atoms with Crippen molar-refractivity contribution in [2.45, 2.75) is 19.4 Å². The number of methoxy groups -OCH3 is 1. The summed E-state index contributed by atoms with van der Waals surface area (Å²) in [5.41, 5.74) is 0.991. The van der Waals surface area contributed by atoms with Crippen molar-refractivity contribution in [3.05, 3.63) is 53.1 Å². The van der Waals surface area contributed by atoms with Crippen molar-refractivity contribution in [1.29, 1.82) is 0 Å². The molecule has 0 fully saturated rings. The van der Waals surface area contributed by atoms with E-state index >= 15 is 0 Å². The number of amides is 1. The molecule has 0 radical (unpaired) electrons. The molecule has 30 heavy (non-hydrogen) atoms. The lowest BCUT2D eigenvalue weighted by molar-refractivity contribution is -0.134. The van der Waals surface area contributed by atoms with E-state index in [4.69, 9.17) is 37.0 Å². The summed E-state index contributed by atoms with van der Waals surface area (Å²) in [7, 11) is 1.57. The fourth-order valence-electron chi connectivity index (χ4n) is 2.65. The van der Waals surface area contributed by atoms with Crippen LogP contribution in [0.2, 0.25) is 5.02 Å². The van der Waals surface area contributed by atoms with Crippen LogP contribution in [0.25, 0.3) is 0 Å². The van der Waals surface area contributed by atoms with Crippen molar-refractivity contribution < 1.29 is 23.7 Å². The van der Waals surface area contributed by atoms with E-state index in [1.165, 1.54) is 0 Å². The van der Waals surface area contributed by atoms with Crippen LogP contribution in [0.1, 0.15) is 12.5 Å². The zero-order chi connectivity index (χ0) is 21.8. The zero-order valence-electron chi connectivity index (χ0n) is 17.2. The minimum atomic E-state index is -0.709. The zero-order valence-corrected chi connectivity index (χ0v) is 17.9. The maximum atomic E-state index is 12.5. The van der Waals surface area contributed by atoms with E-state index in [0.717, 1.165) is 5.56 Å². The molecule has 0 aliphatic carbocycles. The molecule has 160 valence electrons. The third kappa shape index (κ3) is 7.51. The average Bonchev–Trinajstić information content (AvgIpc) is 2.76. The number of terminal acetylenes is 1. The quantitative estimate of drug-likeness (QED) is 0.521. The number of ether oxygens (including phenoxy) is 4. The van der Waals surface area contributed by atoms with Gasteiger partial charge in [0.2, 0.25) is 0 Å². The van der Waals surface area contributed by atoms with Gasteiger partial charge < -0.3 is 24.3 Å². The van der Waals surface area contributed by atoms with Gasteiger partial charge in [0.1, 0.15) is 19.0 Å². The molecule has 0 saturated heterocycles. The SMILES string of the molecule is C#CCOc1ccc(CCNC(=O)[C@H](COc2ccc(Cl)cc2)OCC)cc1OC. The van der Waals surface area contributed by atoms with Crippen LogP contribution in [0.3, 0.4) is 0 Å². The predicted octanol–water partition coefficient (Wildman–Crippen LogP) is 3.50. The molecule has 2 rings (SSSR count). The normalized spacial score (nSPS) is 11.3. The van der Waals surface area contributed by atoms with E-state index in [1.807, 2.05) is 19.1 Å². The summed E-state index contributed by atoms with van der Waals surface area (Å²) in [5, 5.41) is 3.50. The Labute approximate surface area is 182 Å². The first-order valence-electron chi connectivity index (χ1n) is 9.58. The summed E-state index contributed by atoms with van der Waals surface area (Å²) >= 11 is 5.87. The fraction of sp³-hybridized carbons (Fsp3) is 0.348. The van der Waals surface area contributed by atoms with Gasteiger partial charge in [0, 0.05) is 18.2 Å². The third-order valence-corrected chi connectivity index (χ3v) is 4.38. The molecule has 0 aliphatic heterocycles. The Morgan fingerprint density at radius 2 is 1.93 bits per heavy atom. The number of rotatable bonds is 12. The van der Waals surface area contributed by atoms with E-state index in [9.17, 15) is 4.79 Å². The number of hydrogen-bond donors (Lipinski definition) is 1. The highest BCUT2D eigenvalue weighted by Gasteiger charge is 2.19. The fourth-order valence-corrected chi connectivity index (χ4v) is 2.78. The molecule has 1 amide bonds. The van der Waals surface area contributed by atoms with Crippen molar-refractivity contribution in [3.8, 4) is 29.6 Å². The Balaban J connectivity index is 1.86. The molecule has 0 spiro atoms. The van der Waals surface area contributed by atoms with Crippen LogP contribution in [-0.2, 0) is 16.0 Å². The van der Waals surface area contributed by atoms with Crippen molar-refractivity contribution in [3.63, 3.8) is 0 Å². The molecule has 0 unspecified atom stereocenters. The largest absolute Gasteiger partial charge is 0.493 e. The van der Waals surface area contributed by atoms with Crippen molar-refractivity contribution in [2.75, 3.05) is 33.5 Å². The number of benzene rings is 2. The van der Waals surface area contributed by atoms with Crippen LogP contribution in [-0.4, -0.2) is 45.5 Å². The molecular formula is C23H26ClNO5. The molecule has 2 aromatic carbocycles. The molecule has 0 aliphatic rings. The molecule has 0 aromatic heterocycles. The summed E-state index contributed by atoms with van der Waals surface area (Å²) in [6, 6.07) is 12.5. The molecule has 1 N–H and O–H groups in total. The van der Waals surface area contributed by atoms with Crippen LogP contribution in [0.4, 0.5) is 0 Å². The standard InChI is InChI=1S/C23H26ClNO5/c1-4-14-29-20-11-6-17(15-21(20)27-3)12-13-25-23(26)22(28-5-2)16-30-19-9-7-18(24)8-10-19/h1,6-11,15,22H,5,12-14,16H2,2-3H3,(H,25,26)/t22-/m0/s1. The van der Waals surface area contributed by atoms with Gasteiger partial charge in [-0.05, 0) is 55.3 Å². The second kappa shape index (κ2) is 12.6. The lowest BCUT2D eigenvalue weighted by Gasteiger charge is -2.18. The number of halogens is 1. The Kier molecular flexibility index (Phi) is 9.85. The van der Waals surface area contributed by atoms with Gasteiger partial charge in [-0.2, -0.15) is 0 Å². The molecule has 2 aromatic rings. The number of carbonyl (C=O) groups excluding carboxylic acids is 1. The van der Waals surface area contributed by atoms with Crippen LogP contribution < -0.4 is 19.5 Å². The highest BCUT2D eigenvalue weighted by atomic mass is 35.5. The minimum absolute atomic E-state index is 0.107. The van der Waals surface area contributed by atoms with Crippen molar-refractivity contribution >= 4 is 17.5 Å². The molecular weight excluding hydrogens is 406 g/mol. The number of hydrogen-bond acceptors (Lipinski definition) is 5. The Bertz CT molecular complexity index is 848. The summed E-state index contributed by atoms with van der Waals surface area (Å²) in [5.74, 6) is 3.99. The van der Waals surface area contributed by atoms with E-state index in [2.05, 4.69) is 11.2 Å². The first-order valence-corrected chi connectivity index (χ1v) is 9.96.